The zero-order valence-electron chi connectivity index (χ0n) is 17.3. The summed E-state index contributed by atoms with van der Waals surface area (Å²) >= 11 is 12.2. The van der Waals surface area contributed by atoms with Gasteiger partial charge in [0.15, 0.2) is 0 Å². The van der Waals surface area contributed by atoms with Crippen molar-refractivity contribution in [1.82, 2.24) is 20.2 Å². The molecule has 168 valence electrons. The molecule has 10 heteroatoms. The molecular formula is C22H22Cl2N4O4. The molecule has 1 aliphatic rings. The van der Waals surface area contributed by atoms with Crippen molar-refractivity contribution in [3.8, 4) is 0 Å². The van der Waals surface area contributed by atoms with Gasteiger partial charge < -0.3 is 20.1 Å². The first kappa shape index (κ1) is 22.5. The minimum absolute atomic E-state index is 0.184. The normalized spacial score (nSPS) is 18.8. The highest BCUT2D eigenvalue weighted by atomic mass is 35.5. The van der Waals surface area contributed by atoms with Crippen LogP contribution >= 0.6 is 23.2 Å². The molecule has 2 heterocycles. The lowest BCUT2D eigenvalue weighted by Gasteiger charge is -2.23. The molecule has 0 radical (unpaired) electrons. The van der Waals surface area contributed by atoms with Gasteiger partial charge in [0, 0.05) is 23.1 Å². The van der Waals surface area contributed by atoms with Gasteiger partial charge in [0.05, 0.1) is 42.4 Å². The monoisotopic (exact) mass is 476 g/mol. The molecule has 1 aromatic heterocycles. The van der Waals surface area contributed by atoms with Gasteiger partial charge in [-0.25, -0.2) is 9.78 Å². The number of aromatic nitrogens is 2. The first-order valence-corrected chi connectivity index (χ1v) is 10.8. The number of ether oxygens (including phenoxy) is 1. The Morgan fingerprint density at radius 1 is 1.28 bits per heavy atom. The number of β-amino-alcohol motifs (C(OH)–C–C–N with tert-alkyl or cyclic N) is 1. The van der Waals surface area contributed by atoms with Gasteiger partial charge in [-0.2, -0.15) is 0 Å². The number of aliphatic hydroxyl groups is 1. The molecule has 2 unspecified atom stereocenters. The van der Waals surface area contributed by atoms with Gasteiger partial charge in [-0.3, -0.25) is 9.69 Å². The SMILES string of the molecule is COC(=O)c1ccc2nc(CNC(=O)C3CC(O)CN3Cc3ccc(Cl)cc3Cl)[nH]c2c1. The second kappa shape index (κ2) is 9.46. The number of halogens is 2. The highest BCUT2D eigenvalue weighted by molar-refractivity contribution is 6.35. The van der Waals surface area contributed by atoms with E-state index in [2.05, 4.69) is 15.3 Å². The number of nitrogens with one attached hydrogen (secondary N) is 2. The van der Waals surface area contributed by atoms with Crippen molar-refractivity contribution in [3.63, 3.8) is 0 Å². The van der Waals surface area contributed by atoms with Crippen LogP contribution in [0.15, 0.2) is 36.4 Å². The topological polar surface area (TPSA) is 108 Å². The molecule has 0 saturated carbocycles. The highest BCUT2D eigenvalue weighted by Crippen LogP contribution is 2.26. The number of nitrogens with zero attached hydrogens (tertiary/aromatic N) is 2. The Morgan fingerprint density at radius 2 is 2.09 bits per heavy atom. The average Bonchev–Trinajstić information content (AvgIpc) is 3.35. The maximum absolute atomic E-state index is 12.9. The third-order valence-corrected chi connectivity index (χ3v) is 6.04. The number of carbonyl (C=O) groups is 2. The van der Waals surface area contributed by atoms with Crippen LogP contribution in [-0.2, 0) is 22.6 Å². The van der Waals surface area contributed by atoms with Crippen LogP contribution in [-0.4, -0.2) is 57.7 Å². The Balaban J connectivity index is 1.42. The van der Waals surface area contributed by atoms with E-state index in [0.717, 1.165) is 5.56 Å². The molecule has 1 aliphatic heterocycles. The second-order valence-electron chi connectivity index (χ2n) is 7.70. The number of amides is 1. The number of imidazole rings is 1. The number of likely N-dealkylation sites (tertiary alicyclic amines) is 1. The third-order valence-electron chi connectivity index (χ3n) is 5.45. The van der Waals surface area contributed by atoms with E-state index in [1.165, 1.54) is 7.11 Å². The summed E-state index contributed by atoms with van der Waals surface area (Å²) in [5, 5.41) is 14.1. The number of hydrogen-bond acceptors (Lipinski definition) is 6. The highest BCUT2D eigenvalue weighted by Gasteiger charge is 2.36. The quantitative estimate of drug-likeness (QED) is 0.472. The van der Waals surface area contributed by atoms with E-state index < -0.39 is 18.1 Å². The summed E-state index contributed by atoms with van der Waals surface area (Å²) in [5.74, 6) is -0.0828. The van der Waals surface area contributed by atoms with Crippen LogP contribution in [0.5, 0.6) is 0 Å². The van der Waals surface area contributed by atoms with Crippen molar-refractivity contribution in [2.45, 2.75) is 31.7 Å². The molecule has 0 spiro atoms. The molecule has 0 aliphatic carbocycles. The lowest BCUT2D eigenvalue weighted by Crippen LogP contribution is -2.42. The summed E-state index contributed by atoms with van der Waals surface area (Å²) in [6.45, 7) is 0.979. The van der Waals surface area contributed by atoms with Crippen molar-refractivity contribution in [2.24, 2.45) is 0 Å². The Kier molecular flexibility index (Phi) is 6.66. The number of hydrogen-bond donors (Lipinski definition) is 3. The minimum atomic E-state index is -0.597. The fourth-order valence-electron chi connectivity index (χ4n) is 3.88. The Labute approximate surface area is 194 Å². The fourth-order valence-corrected chi connectivity index (χ4v) is 4.34. The summed E-state index contributed by atoms with van der Waals surface area (Å²) in [7, 11) is 1.32. The standard InChI is InChI=1S/C22H22Cl2N4O4/c1-32-22(31)12-3-5-17-18(6-12)27-20(26-17)9-25-21(30)19-8-15(29)11-28(19)10-13-2-4-14(23)7-16(13)24/h2-7,15,19,29H,8-11H2,1H3,(H,25,30)(H,26,27). The average molecular weight is 477 g/mol. The lowest BCUT2D eigenvalue weighted by atomic mass is 10.1. The van der Waals surface area contributed by atoms with Gasteiger partial charge in [-0.1, -0.05) is 29.3 Å². The summed E-state index contributed by atoms with van der Waals surface area (Å²) in [6.07, 6.45) is -0.264. The van der Waals surface area contributed by atoms with Crippen molar-refractivity contribution in [1.29, 1.82) is 0 Å². The Bertz CT molecular complexity index is 1170. The van der Waals surface area contributed by atoms with Gasteiger partial charge in [-0.15, -0.1) is 0 Å². The Morgan fingerprint density at radius 3 is 2.84 bits per heavy atom. The van der Waals surface area contributed by atoms with Crippen LogP contribution in [0.4, 0.5) is 0 Å². The number of aromatic amines is 1. The van der Waals surface area contributed by atoms with Crippen molar-refractivity contribution < 1.29 is 19.4 Å². The van der Waals surface area contributed by atoms with Crippen LogP contribution < -0.4 is 5.32 Å². The summed E-state index contributed by atoms with van der Waals surface area (Å²) in [5.41, 5.74) is 2.60. The molecule has 3 aromatic rings. The number of rotatable bonds is 6. The molecule has 1 amide bonds. The van der Waals surface area contributed by atoms with E-state index in [4.69, 9.17) is 27.9 Å². The number of carbonyl (C=O) groups excluding carboxylic acids is 2. The third kappa shape index (κ3) is 4.88. The summed E-state index contributed by atoms with van der Waals surface area (Å²) < 4.78 is 4.73. The van der Waals surface area contributed by atoms with E-state index in [1.54, 1.807) is 30.3 Å². The first-order chi connectivity index (χ1) is 15.3. The van der Waals surface area contributed by atoms with Crippen LogP contribution in [0.25, 0.3) is 11.0 Å². The number of esters is 1. The molecule has 1 fully saturated rings. The van der Waals surface area contributed by atoms with Gasteiger partial charge in [-0.05, 0) is 42.3 Å². The Hall–Kier alpha value is -2.65. The second-order valence-corrected chi connectivity index (χ2v) is 8.54. The molecule has 8 nitrogen and oxygen atoms in total. The van der Waals surface area contributed by atoms with E-state index in [1.807, 2.05) is 11.0 Å². The van der Waals surface area contributed by atoms with Crippen LogP contribution in [0.1, 0.15) is 28.2 Å². The van der Waals surface area contributed by atoms with Crippen LogP contribution in [0, 0.1) is 0 Å². The van der Waals surface area contributed by atoms with Crippen molar-refractivity contribution in [3.05, 3.63) is 63.4 Å². The number of methoxy groups -OCH3 is 1. The molecule has 32 heavy (non-hydrogen) atoms. The van der Waals surface area contributed by atoms with Crippen LogP contribution in [0.2, 0.25) is 10.0 Å². The largest absolute Gasteiger partial charge is 0.465 e. The molecule has 4 rings (SSSR count). The van der Waals surface area contributed by atoms with E-state index in [0.29, 0.717) is 52.0 Å². The molecule has 3 N–H and O–H groups in total. The smallest absolute Gasteiger partial charge is 0.337 e. The molecular weight excluding hydrogens is 455 g/mol. The minimum Gasteiger partial charge on any atom is -0.465 e. The summed E-state index contributed by atoms with van der Waals surface area (Å²) in [4.78, 5) is 34.0. The molecule has 2 aromatic carbocycles. The summed E-state index contributed by atoms with van der Waals surface area (Å²) in [6, 6.07) is 9.74. The molecule has 2 atom stereocenters. The van der Waals surface area contributed by atoms with Gasteiger partial charge in [0.1, 0.15) is 5.82 Å². The van der Waals surface area contributed by atoms with E-state index >= 15 is 0 Å². The molecule has 0 bridgehead atoms. The first-order valence-electron chi connectivity index (χ1n) is 10.0. The predicted octanol–water partition coefficient (Wildman–Crippen LogP) is 2.91. The number of fused-ring (bicyclic) bond motifs is 1. The van der Waals surface area contributed by atoms with Gasteiger partial charge >= 0.3 is 5.97 Å². The maximum Gasteiger partial charge on any atom is 0.337 e. The van der Waals surface area contributed by atoms with Crippen LogP contribution in [0.3, 0.4) is 0 Å². The van der Waals surface area contributed by atoms with E-state index in [9.17, 15) is 14.7 Å². The lowest BCUT2D eigenvalue weighted by molar-refractivity contribution is -0.125. The zero-order valence-corrected chi connectivity index (χ0v) is 18.8. The number of aliphatic hydroxyl groups excluding tert-OH is 1. The van der Waals surface area contributed by atoms with Crippen molar-refractivity contribution in [2.75, 3.05) is 13.7 Å². The van der Waals surface area contributed by atoms with Crippen molar-refractivity contribution >= 4 is 46.1 Å². The van der Waals surface area contributed by atoms with Gasteiger partial charge in [0.2, 0.25) is 5.91 Å². The number of benzene rings is 2. The van der Waals surface area contributed by atoms with E-state index in [-0.39, 0.29) is 12.5 Å². The van der Waals surface area contributed by atoms with Gasteiger partial charge in [0.25, 0.3) is 0 Å². The fraction of sp³-hybridized carbons (Fsp3) is 0.318. The number of H-pyrrole nitrogens is 1. The molecule has 1 saturated heterocycles. The maximum atomic E-state index is 12.9. The zero-order chi connectivity index (χ0) is 22.8. The predicted molar refractivity (Wildman–Crippen MR) is 121 cm³/mol.